The van der Waals surface area contributed by atoms with E-state index in [1.165, 1.54) is 6.08 Å². The molecule has 0 spiro atoms. The first-order chi connectivity index (χ1) is 11.0. The van der Waals surface area contributed by atoms with E-state index in [4.69, 9.17) is 4.74 Å². The molecule has 0 radical (unpaired) electrons. The molecule has 0 aromatic heterocycles. The van der Waals surface area contributed by atoms with Gasteiger partial charge in [0.05, 0.1) is 12.7 Å². The standard InChI is InChI=1S/C18H24N2O3/c1-4-17(21)19-11-14-5-7-15(8-6-14)18(22)20-9-10-23-16(12-20)13(2)3/h4-8,13,16H,1,9-12H2,2-3H3,(H,19,21). The Morgan fingerprint density at radius 1 is 1.39 bits per heavy atom. The maximum atomic E-state index is 12.6. The first-order valence-electron chi connectivity index (χ1n) is 7.91. The highest BCUT2D eigenvalue weighted by Crippen LogP contribution is 2.16. The Morgan fingerprint density at radius 3 is 2.70 bits per heavy atom. The minimum atomic E-state index is -0.210. The van der Waals surface area contributed by atoms with E-state index in [1.54, 1.807) is 12.1 Å². The molecule has 1 saturated heterocycles. The average molecular weight is 316 g/mol. The summed E-state index contributed by atoms with van der Waals surface area (Å²) in [6.45, 7) is 9.88. The number of benzene rings is 1. The zero-order chi connectivity index (χ0) is 16.8. The molecule has 5 nitrogen and oxygen atoms in total. The van der Waals surface area contributed by atoms with Crippen LogP contribution < -0.4 is 5.32 Å². The van der Waals surface area contributed by atoms with Crippen LogP contribution in [0.3, 0.4) is 0 Å². The van der Waals surface area contributed by atoms with Gasteiger partial charge >= 0.3 is 0 Å². The molecule has 0 saturated carbocycles. The smallest absolute Gasteiger partial charge is 0.254 e. The Morgan fingerprint density at radius 2 is 2.09 bits per heavy atom. The molecule has 1 heterocycles. The van der Waals surface area contributed by atoms with Crippen LogP contribution in [0.15, 0.2) is 36.9 Å². The van der Waals surface area contributed by atoms with Crippen molar-refractivity contribution in [1.29, 1.82) is 0 Å². The lowest BCUT2D eigenvalue weighted by Gasteiger charge is -2.35. The Kier molecular flexibility index (Phi) is 5.93. The lowest BCUT2D eigenvalue weighted by Crippen LogP contribution is -2.47. The normalized spacial score (nSPS) is 17.9. The first-order valence-corrected chi connectivity index (χ1v) is 7.91. The van der Waals surface area contributed by atoms with E-state index in [0.29, 0.717) is 37.7 Å². The maximum Gasteiger partial charge on any atom is 0.254 e. The van der Waals surface area contributed by atoms with Crippen molar-refractivity contribution >= 4 is 11.8 Å². The quantitative estimate of drug-likeness (QED) is 0.845. The highest BCUT2D eigenvalue weighted by molar-refractivity contribution is 5.94. The van der Waals surface area contributed by atoms with Crippen LogP contribution >= 0.6 is 0 Å². The molecule has 1 unspecified atom stereocenters. The maximum absolute atomic E-state index is 12.6. The summed E-state index contributed by atoms with van der Waals surface area (Å²) < 4.78 is 5.70. The number of rotatable bonds is 5. The van der Waals surface area contributed by atoms with Crippen LogP contribution in [0.1, 0.15) is 29.8 Å². The lowest BCUT2D eigenvalue weighted by molar-refractivity contribution is -0.116. The van der Waals surface area contributed by atoms with Crippen molar-refractivity contribution in [3.05, 3.63) is 48.0 Å². The van der Waals surface area contributed by atoms with Crippen molar-refractivity contribution < 1.29 is 14.3 Å². The molecule has 1 aromatic rings. The highest BCUT2D eigenvalue weighted by atomic mass is 16.5. The van der Waals surface area contributed by atoms with Gasteiger partial charge < -0.3 is 15.0 Å². The number of morpholine rings is 1. The van der Waals surface area contributed by atoms with Crippen LogP contribution in [0.25, 0.3) is 0 Å². The van der Waals surface area contributed by atoms with Gasteiger partial charge in [0, 0.05) is 25.2 Å². The predicted octanol–water partition coefficient (Wildman–Crippen LogP) is 1.99. The number of hydrogen-bond donors (Lipinski definition) is 1. The van der Waals surface area contributed by atoms with Crippen molar-refractivity contribution in [2.75, 3.05) is 19.7 Å². The summed E-state index contributed by atoms with van der Waals surface area (Å²) in [6.07, 6.45) is 1.34. The van der Waals surface area contributed by atoms with Gasteiger partial charge in [0.25, 0.3) is 5.91 Å². The summed E-state index contributed by atoms with van der Waals surface area (Å²) in [4.78, 5) is 25.6. The first kappa shape index (κ1) is 17.2. The molecular weight excluding hydrogens is 292 g/mol. The molecule has 2 rings (SSSR count). The number of nitrogens with zero attached hydrogens (tertiary/aromatic N) is 1. The SMILES string of the molecule is C=CC(=O)NCc1ccc(C(=O)N2CCOC(C(C)C)C2)cc1. The molecule has 0 bridgehead atoms. The molecule has 5 heteroatoms. The second-order valence-electron chi connectivity index (χ2n) is 6.02. The molecule has 1 fully saturated rings. The van der Waals surface area contributed by atoms with Crippen molar-refractivity contribution in [1.82, 2.24) is 10.2 Å². The Labute approximate surface area is 137 Å². The average Bonchev–Trinajstić information content (AvgIpc) is 2.59. The van der Waals surface area contributed by atoms with Crippen molar-refractivity contribution in [3.8, 4) is 0 Å². The molecular formula is C18H24N2O3. The topological polar surface area (TPSA) is 58.6 Å². The van der Waals surface area contributed by atoms with Crippen molar-refractivity contribution in [2.45, 2.75) is 26.5 Å². The zero-order valence-electron chi connectivity index (χ0n) is 13.7. The van der Waals surface area contributed by atoms with Gasteiger partial charge in [0.1, 0.15) is 0 Å². The fourth-order valence-corrected chi connectivity index (χ4v) is 2.47. The Hall–Kier alpha value is -2.14. The minimum Gasteiger partial charge on any atom is -0.374 e. The second-order valence-corrected chi connectivity index (χ2v) is 6.02. The van der Waals surface area contributed by atoms with E-state index in [0.717, 1.165) is 5.56 Å². The van der Waals surface area contributed by atoms with Gasteiger partial charge in [-0.3, -0.25) is 9.59 Å². The minimum absolute atomic E-state index is 0.0284. The summed E-state index contributed by atoms with van der Waals surface area (Å²) in [5, 5.41) is 2.71. The van der Waals surface area contributed by atoms with E-state index >= 15 is 0 Å². The largest absolute Gasteiger partial charge is 0.374 e. The van der Waals surface area contributed by atoms with Gasteiger partial charge in [0.2, 0.25) is 5.91 Å². The zero-order valence-corrected chi connectivity index (χ0v) is 13.7. The number of nitrogens with one attached hydrogen (secondary N) is 1. The Bertz CT molecular complexity index is 566. The van der Waals surface area contributed by atoms with E-state index in [9.17, 15) is 9.59 Å². The Balaban J connectivity index is 1.97. The van der Waals surface area contributed by atoms with E-state index in [2.05, 4.69) is 25.7 Å². The third-order valence-corrected chi connectivity index (χ3v) is 3.98. The van der Waals surface area contributed by atoms with E-state index in [-0.39, 0.29) is 17.9 Å². The molecule has 1 aliphatic rings. The fourth-order valence-electron chi connectivity index (χ4n) is 2.47. The molecule has 1 N–H and O–H groups in total. The third kappa shape index (κ3) is 4.66. The number of ether oxygens (including phenoxy) is 1. The lowest BCUT2D eigenvalue weighted by atomic mass is 10.0. The van der Waals surface area contributed by atoms with Gasteiger partial charge in [-0.25, -0.2) is 0 Å². The van der Waals surface area contributed by atoms with Gasteiger partial charge in [0.15, 0.2) is 0 Å². The van der Waals surface area contributed by atoms with Crippen LogP contribution in [-0.2, 0) is 16.1 Å². The van der Waals surface area contributed by atoms with Crippen LogP contribution in [0.5, 0.6) is 0 Å². The second kappa shape index (κ2) is 7.92. The van der Waals surface area contributed by atoms with Crippen LogP contribution in [-0.4, -0.2) is 42.5 Å². The number of hydrogen-bond acceptors (Lipinski definition) is 3. The summed E-state index contributed by atoms with van der Waals surface area (Å²) >= 11 is 0. The summed E-state index contributed by atoms with van der Waals surface area (Å²) in [5.74, 6) is 0.209. The summed E-state index contributed by atoms with van der Waals surface area (Å²) in [5.41, 5.74) is 1.60. The number of amides is 2. The predicted molar refractivity (Wildman–Crippen MR) is 89.0 cm³/mol. The van der Waals surface area contributed by atoms with Gasteiger partial charge in [-0.1, -0.05) is 32.6 Å². The van der Waals surface area contributed by atoms with Crippen molar-refractivity contribution in [2.24, 2.45) is 5.92 Å². The van der Waals surface area contributed by atoms with Gasteiger partial charge in [-0.2, -0.15) is 0 Å². The molecule has 0 aliphatic carbocycles. The van der Waals surface area contributed by atoms with Crippen LogP contribution in [0.4, 0.5) is 0 Å². The monoisotopic (exact) mass is 316 g/mol. The van der Waals surface area contributed by atoms with Gasteiger partial charge in [-0.05, 0) is 29.7 Å². The summed E-state index contributed by atoms with van der Waals surface area (Å²) in [6, 6.07) is 7.32. The van der Waals surface area contributed by atoms with E-state index < -0.39 is 0 Å². The van der Waals surface area contributed by atoms with Gasteiger partial charge in [-0.15, -0.1) is 0 Å². The van der Waals surface area contributed by atoms with Crippen LogP contribution in [0.2, 0.25) is 0 Å². The number of carbonyl (C=O) groups is 2. The molecule has 1 aromatic carbocycles. The third-order valence-electron chi connectivity index (χ3n) is 3.98. The molecule has 2 amide bonds. The molecule has 1 atom stereocenters. The van der Waals surface area contributed by atoms with Crippen molar-refractivity contribution in [3.63, 3.8) is 0 Å². The molecule has 1 aliphatic heterocycles. The molecule has 124 valence electrons. The highest BCUT2D eigenvalue weighted by Gasteiger charge is 2.26. The van der Waals surface area contributed by atoms with Crippen LogP contribution in [0, 0.1) is 5.92 Å². The number of carbonyl (C=O) groups excluding carboxylic acids is 2. The van der Waals surface area contributed by atoms with E-state index in [1.807, 2.05) is 17.0 Å². The summed E-state index contributed by atoms with van der Waals surface area (Å²) in [7, 11) is 0. The molecule has 23 heavy (non-hydrogen) atoms. The fraction of sp³-hybridized carbons (Fsp3) is 0.444.